The highest BCUT2D eigenvalue weighted by atomic mass is 16.5. The summed E-state index contributed by atoms with van der Waals surface area (Å²) in [5.74, 6) is -0.179. The average molecular weight is 209 g/mol. The molecule has 0 N–H and O–H groups in total. The number of hydrogen-bond acceptors (Lipinski definition) is 3. The first-order valence-corrected chi connectivity index (χ1v) is 4.97. The summed E-state index contributed by atoms with van der Waals surface area (Å²) in [5, 5.41) is 10.9. The fourth-order valence-electron chi connectivity index (χ4n) is 1.35. The third kappa shape index (κ3) is 4.44. The van der Waals surface area contributed by atoms with Crippen LogP contribution in [-0.4, -0.2) is 13.1 Å². The number of pyridine rings is 1. The second kappa shape index (κ2) is 6.01. The highest BCUT2D eigenvalue weighted by molar-refractivity contribution is 5.68. The van der Waals surface area contributed by atoms with Crippen LogP contribution in [0.2, 0.25) is 0 Å². The first-order chi connectivity index (χ1) is 7.22. The highest BCUT2D eigenvalue weighted by Crippen LogP contribution is 2.04. The smallest absolute Gasteiger partial charge is 0.305 e. The number of ether oxygens (including phenoxy) is 1. The third-order valence-corrected chi connectivity index (χ3v) is 2.16. The number of carbonyl (C=O) groups is 1. The van der Waals surface area contributed by atoms with Crippen LogP contribution in [0.1, 0.15) is 24.8 Å². The van der Waals surface area contributed by atoms with Crippen molar-refractivity contribution in [2.24, 2.45) is 0 Å². The molecule has 0 aromatic carbocycles. The summed E-state index contributed by atoms with van der Waals surface area (Å²) in [6.45, 7) is 0. The van der Waals surface area contributed by atoms with E-state index in [0.29, 0.717) is 6.42 Å². The summed E-state index contributed by atoms with van der Waals surface area (Å²) >= 11 is 0. The molecule has 0 atom stereocenters. The monoisotopic (exact) mass is 209 g/mol. The standard InChI is InChI=1S/C11H15NO3/c1-15-11(13)7-3-2-5-10-6-4-8-12(14)9-10/h4,6,8-9H,2-3,5,7H2,1H3. The molecule has 82 valence electrons. The number of rotatable bonds is 5. The predicted octanol–water partition coefficient (Wildman–Crippen LogP) is 1.21. The van der Waals surface area contributed by atoms with Gasteiger partial charge < -0.3 is 9.94 Å². The van der Waals surface area contributed by atoms with E-state index in [2.05, 4.69) is 4.74 Å². The van der Waals surface area contributed by atoms with Crippen LogP contribution in [0.25, 0.3) is 0 Å². The Morgan fingerprint density at radius 2 is 2.33 bits per heavy atom. The van der Waals surface area contributed by atoms with Crippen LogP contribution in [-0.2, 0) is 16.0 Å². The lowest BCUT2D eigenvalue weighted by molar-refractivity contribution is -0.605. The van der Waals surface area contributed by atoms with Gasteiger partial charge in [-0.05, 0) is 25.3 Å². The Balaban J connectivity index is 2.23. The van der Waals surface area contributed by atoms with Crippen molar-refractivity contribution >= 4 is 5.97 Å². The van der Waals surface area contributed by atoms with Gasteiger partial charge in [0.2, 0.25) is 0 Å². The van der Waals surface area contributed by atoms with E-state index in [1.807, 2.05) is 6.07 Å². The fourth-order valence-corrected chi connectivity index (χ4v) is 1.35. The quantitative estimate of drug-likeness (QED) is 0.317. The van der Waals surface area contributed by atoms with Gasteiger partial charge in [0.15, 0.2) is 12.4 Å². The van der Waals surface area contributed by atoms with Gasteiger partial charge in [0.25, 0.3) is 0 Å². The second-order valence-electron chi connectivity index (χ2n) is 3.36. The van der Waals surface area contributed by atoms with Crippen molar-refractivity contribution in [2.75, 3.05) is 7.11 Å². The lowest BCUT2D eigenvalue weighted by Crippen LogP contribution is -2.24. The molecule has 0 fully saturated rings. The van der Waals surface area contributed by atoms with E-state index >= 15 is 0 Å². The van der Waals surface area contributed by atoms with Crippen LogP contribution in [0.15, 0.2) is 24.5 Å². The van der Waals surface area contributed by atoms with E-state index in [1.165, 1.54) is 13.3 Å². The molecule has 0 saturated carbocycles. The van der Waals surface area contributed by atoms with Gasteiger partial charge in [0, 0.05) is 18.1 Å². The summed E-state index contributed by atoms with van der Waals surface area (Å²) in [4.78, 5) is 10.8. The molecule has 0 aliphatic rings. The van der Waals surface area contributed by atoms with Crippen LogP contribution in [0.5, 0.6) is 0 Å². The molecule has 1 rings (SSSR count). The van der Waals surface area contributed by atoms with E-state index in [-0.39, 0.29) is 5.97 Å². The molecule has 0 aliphatic heterocycles. The summed E-state index contributed by atoms with van der Waals surface area (Å²) in [7, 11) is 1.39. The molecule has 1 aromatic heterocycles. The normalized spacial score (nSPS) is 9.93. The largest absolute Gasteiger partial charge is 0.619 e. The minimum Gasteiger partial charge on any atom is -0.619 e. The Morgan fingerprint density at radius 1 is 1.53 bits per heavy atom. The van der Waals surface area contributed by atoms with Crippen molar-refractivity contribution in [2.45, 2.75) is 25.7 Å². The van der Waals surface area contributed by atoms with E-state index < -0.39 is 0 Å². The zero-order valence-electron chi connectivity index (χ0n) is 8.81. The maximum Gasteiger partial charge on any atom is 0.305 e. The van der Waals surface area contributed by atoms with Crippen LogP contribution < -0.4 is 4.73 Å². The first kappa shape index (κ1) is 11.5. The zero-order chi connectivity index (χ0) is 11.1. The van der Waals surface area contributed by atoms with E-state index in [9.17, 15) is 10.0 Å². The number of methoxy groups -OCH3 is 1. The number of hydrogen-bond donors (Lipinski definition) is 0. The van der Waals surface area contributed by atoms with Gasteiger partial charge in [-0.25, -0.2) is 0 Å². The molecule has 1 aromatic rings. The van der Waals surface area contributed by atoms with Crippen LogP contribution in [0, 0.1) is 5.21 Å². The average Bonchev–Trinajstić information content (AvgIpc) is 2.24. The molecule has 0 saturated heterocycles. The Kier molecular flexibility index (Phi) is 4.60. The molecule has 0 unspecified atom stereocenters. The maximum absolute atomic E-state index is 10.9. The number of aryl methyl sites for hydroxylation is 1. The molecule has 4 heteroatoms. The number of unbranched alkanes of at least 4 members (excludes halogenated alkanes) is 1. The minimum absolute atomic E-state index is 0.179. The molecule has 1 heterocycles. The minimum atomic E-state index is -0.179. The van der Waals surface area contributed by atoms with Crippen molar-refractivity contribution in [3.05, 3.63) is 35.3 Å². The highest BCUT2D eigenvalue weighted by Gasteiger charge is 2.01. The Hall–Kier alpha value is -1.58. The SMILES string of the molecule is COC(=O)CCCCc1ccc[n+]([O-])c1. The van der Waals surface area contributed by atoms with E-state index in [0.717, 1.165) is 29.6 Å². The molecule has 0 radical (unpaired) electrons. The predicted molar refractivity (Wildman–Crippen MR) is 55.0 cm³/mol. The lowest BCUT2D eigenvalue weighted by Gasteiger charge is -2.01. The molecular weight excluding hydrogens is 194 g/mol. The fraction of sp³-hybridized carbons (Fsp3) is 0.455. The number of aromatic nitrogens is 1. The molecule has 0 aliphatic carbocycles. The number of nitrogens with zero attached hydrogens (tertiary/aromatic N) is 1. The van der Waals surface area contributed by atoms with Gasteiger partial charge in [-0.1, -0.05) is 0 Å². The lowest BCUT2D eigenvalue weighted by atomic mass is 10.1. The number of esters is 1. The van der Waals surface area contributed by atoms with Gasteiger partial charge in [-0.15, -0.1) is 0 Å². The number of carbonyl (C=O) groups excluding carboxylic acids is 1. The van der Waals surface area contributed by atoms with Crippen molar-refractivity contribution in [1.82, 2.24) is 0 Å². The molecule has 4 nitrogen and oxygen atoms in total. The zero-order valence-corrected chi connectivity index (χ0v) is 8.81. The molecule has 15 heavy (non-hydrogen) atoms. The Labute approximate surface area is 89.1 Å². The first-order valence-electron chi connectivity index (χ1n) is 4.97. The van der Waals surface area contributed by atoms with Gasteiger partial charge in [-0.3, -0.25) is 4.79 Å². The molecule has 0 spiro atoms. The summed E-state index contributed by atoms with van der Waals surface area (Å²) in [5.41, 5.74) is 0.998. The molecule has 0 amide bonds. The molecular formula is C11H15NO3. The second-order valence-corrected chi connectivity index (χ2v) is 3.36. The van der Waals surface area contributed by atoms with Crippen molar-refractivity contribution in [3.63, 3.8) is 0 Å². The summed E-state index contributed by atoms with van der Waals surface area (Å²) < 4.78 is 5.32. The maximum atomic E-state index is 10.9. The third-order valence-electron chi connectivity index (χ3n) is 2.16. The van der Waals surface area contributed by atoms with Crippen LogP contribution in [0.4, 0.5) is 0 Å². The molecule has 0 bridgehead atoms. The van der Waals surface area contributed by atoms with Crippen LogP contribution in [0.3, 0.4) is 0 Å². The topological polar surface area (TPSA) is 53.2 Å². The summed E-state index contributed by atoms with van der Waals surface area (Å²) in [6, 6.07) is 3.63. The van der Waals surface area contributed by atoms with Crippen molar-refractivity contribution in [3.8, 4) is 0 Å². The Morgan fingerprint density at radius 3 is 3.00 bits per heavy atom. The van der Waals surface area contributed by atoms with E-state index in [4.69, 9.17) is 0 Å². The van der Waals surface area contributed by atoms with Crippen LogP contribution >= 0.6 is 0 Å². The van der Waals surface area contributed by atoms with E-state index in [1.54, 1.807) is 12.3 Å². The van der Waals surface area contributed by atoms with Gasteiger partial charge in [0.05, 0.1) is 7.11 Å². The van der Waals surface area contributed by atoms with Gasteiger partial charge >= 0.3 is 5.97 Å². The van der Waals surface area contributed by atoms with Crippen molar-refractivity contribution in [1.29, 1.82) is 0 Å². The van der Waals surface area contributed by atoms with Crippen molar-refractivity contribution < 1.29 is 14.3 Å². The summed E-state index contributed by atoms with van der Waals surface area (Å²) in [6.07, 6.45) is 5.95. The Bertz CT molecular complexity index is 325. The van der Waals surface area contributed by atoms with Gasteiger partial charge in [0.1, 0.15) is 0 Å². The van der Waals surface area contributed by atoms with Gasteiger partial charge in [-0.2, -0.15) is 4.73 Å².